The zero-order valence-electron chi connectivity index (χ0n) is 24.9. The number of benzene rings is 1. The van der Waals surface area contributed by atoms with Gasteiger partial charge < -0.3 is 19.9 Å². The number of ether oxygens (including phenoxy) is 1. The first-order valence-electron chi connectivity index (χ1n) is 15.9. The minimum atomic E-state index is -0.226. The first-order valence-corrected chi connectivity index (χ1v) is 15.9. The van der Waals surface area contributed by atoms with E-state index in [0.717, 1.165) is 94.1 Å². The molecule has 6 rings (SSSR count). The molecule has 2 saturated heterocycles. The fraction of sp³-hybridized carbons (Fsp3) is 0.576. The Labute approximate surface area is 249 Å². The lowest BCUT2D eigenvalue weighted by molar-refractivity contribution is -0.137. The smallest absolute Gasteiger partial charge is 0.278 e. The lowest BCUT2D eigenvalue weighted by Gasteiger charge is -2.38. The van der Waals surface area contributed by atoms with Crippen molar-refractivity contribution in [3.8, 4) is 5.88 Å². The Bertz CT molecular complexity index is 1280. The van der Waals surface area contributed by atoms with Crippen LogP contribution in [0.5, 0.6) is 5.88 Å². The summed E-state index contributed by atoms with van der Waals surface area (Å²) >= 11 is 0. The number of aromatic nitrogens is 1. The number of pyridine rings is 1. The van der Waals surface area contributed by atoms with Crippen molar-refractivity contribution >= 4 is 23.3 Å². The molecule has 3 aliphatic heterocycles. The summed E-state index contributed by atoms with van der Waals surface area (Å²) < 4.78 is 6.14. The molecule has 2 amide bonds. The SMILES string of the molecule is Cc1ccc(C(=O)N=C2Cc3cnc(OCCN4CCCCC4)cc3N2C2CCC(C(=O)N3CCNCC3)CC2)cc1. The third kappa shape index (κ3) is 6.68. The van der Waals surface area contributed by atoms with Crippen LogP contribution in [0.2, 0.25) is 0 Å². The summed E-state index contributed by atoms with van der Waals surface area (Å²) in [6.45, 7) is 9.15. The maximum Gasteiger partial charge on any atom is 0.278 e. The standard InChI is InChI=1S/C33H44N6O3/c1-24-5-7-25(8-6-24)32(40)36-30-21-27-23-35-31(42-20-19-37-15-3-2-4-16-37)22-29(27)39(30)28-11-9-26(10-12-28)33(41)38-17-13-34-14-18-38/h5-8,22-23,26,28,34H,2-4,9-21H2,1H3. The molecule has 1 N–H and O–H groups in total. The molecule has 9 nitrogen and oxygen atoms in total. The third-order valence-electron chi connectivity index (χ3n) is 9.30. The number of nitrogens with zero attached hydrogens (tertiary/aromatic N) is 5. The highest BCUT2D eigenvalue weighted by Crippen LogP contribution is 2.39. The van der Waals surface area contributed by atoms with Crippen molar-refractivity contribution in [2.24, 2.45) is 10.9 Å². The van der Waals surface area contributed by atoms with E-state index in [1.54, 1.807) is 0 Å². The van der Waals surface area contributed by atoms with Crippen LogP contribution in [0, 0.1) is 12.8 Å². The van der Waals surface area contributed by atoms with Gasteiger partial charge in [0.25, 0.3) is 5.91 Å². The molecule has 2 aromatic rings. The van der Waals surface area contributed by atoms with Crippen molar-refractivity contribution in [2.75, 3.05) is 57.3 Å². The summed E-state index contributed by atoms with van der Waals surface area (Å²) in [4.78, 5) is 42.5. The largest absolute Gasteiger partial charge is 0.476 e. The molecule has 0 radical (unpaired) electrons. The molecule has 42 heavy (non-hydrogen) atoms. The molecule has 0 atom stereocenters. The quantitative estimate of drug-likeness (QED) is 0.539. The molecule has 1 aromatic carbocycles. The molecule has 1 aromatic heterocycles. The van der Waals surface area contributed by atoms with Crippen LogP contribution >= 0.6 is 0 Å². The second-order valence-electron chi connectivity index (χ2n) is 12.2. The highest BCUT2D eigenvalue weighted by molar-refractivity contribution is 6.12. The number of piperidine rings is 1. The monoisotopic (exact) mass is 572 g/mol. The van der Waals surface area contributed by atoms with Crippen molar-refractivity contribution in [3.63, 3.8) is 0 Å². The number of fused-ring (bicyclic) bond motifs is 1. The van der Waals surface area contributed by atoms with Crippen LogP contribution in [-0.2, 0) is 11.2 Å². The van der Waals surface area contributed by atoms with E-state index in [9.17, 15) is 9.59 Å². The molecule has 3 fully saturated rings. The minimum Gasteiger partial charge on any atom is -0.476 e. The molecule has 4 heterocycles. The Morgan fingerprint density at radius 2 is 1.74 bits per heavy atom. The molecule has 4 aliphatic rings. The molecule has 224 valence electrons. The van der Waals surface area contributed by atoms with Gasteiger partial charge in [-0.25, -0.2) is 4.98 Å². The summed E-state index contributed by atoms with van der Waals surface area (Å²) in [5.41, 5.74) is 3.80. The number of amidine groups is 1. The summed E-state index contributed by atoms with van der Waals surface area (Å²) in [6, 6.07) is 9.79. The van der Waals surface area contributed by atoms with Crippen molar-refractivity contribution in [1.29, 1.82) is 0 Å². The zero-order valence-corrected chi connectivity index (χ0v) is 24.9. The van der Waals surface area contributed by atoms with E-state index < -0.39 is 0 Å². The summed E-state index contributed by atoms with van der Waals surface area (Å²) in [5, 5.41) is 3.34. The van der Waals surface area contributed by atoms with Gasteiger partial charge >= 0.3 is 0 Å². The van der Waals surface area contributed by atoms with Gasteiger partial charge in [-0.2, -0.15) is 4.99 Å². The van der Waals surface area contributed by atoms with Crippen LogP contribution in [0.25, 0.3) is 0 Å². The number of rotatable bonds is 7. The Morgan fingerprint density at radius 1 is 1.00 bits per heavy atom. The van der Waals surface area contributed by atoms with E-state index in [-0.39, 0.29) is 17.9 Å². The fourth-order valence-electron chi connectivity index (χ4n) is 6.85. The maximum absolute atomic E-state index is 13.3. The van der Waals surface area contributed by atoms with Crippen LogP contribution in [-0.4, -0.2) is 90.9 Å². The number of aliphatic imine (C=N–C) groups is 1. The van der Waals surface area contributed by atoms with E-state index >= 15 is 0 Å². The van der Waals surface area contributed by atoms with Gasteiger partial charge in [0.1, 0.15) is 12.4 Å². The number of anilines is 1. The van der Waals surface area contributed by atoms with Crippen LogP contribution in [0.3, 0.4) is 0 Å². The predicted molar refractivity (Wildman–Crippen MR) is 164 cm³/mol. The van der Waals surface area contributed by atoms with Gasteiger partial charge in [0.2, 0.25) is 11.8 Å². The number of amides is 2. The first-order chi connectivity index (χ1) is 20.5. The molecule has 9 heteroatoms. The molecule has 1 aliphatic carbocycles. The number of piperazine rings is 1. The van der Waals surface area contributed by atoms with E-state index in [1.807, 2.05) is 48.4 Å². The van der Waals surface area contributed by atoms with Crippen molar-refractivity contribution in [1.82, 2.24) is 20.1 Å². The van der Waals surface area contributed by atoms with Crippen molar-refractivity contribution in [3.05, 3.63) is 53.2 Å². The Morgan fingerprint density at radius 3 is 2.48 bits per heavy atom. The Hall–Kier alpha value is -3.30. The number of hydrogen-bond donors (Lipinski definition) is 1. The molecule has 1 saturated carbocycles. The highest BCUT2D eigenvalue weighted by Gasteiger charge is 2.37. The third-order valence-corrected chi connectivity index (χ3v) is 9.30. The van der Waals surface area contributed by atoms with E-state index in [1.165, 1.54) is 19.3 Å². The number of nitrogens with one attached hydrogen (secondary N) is 1. The summed E-state index contributed by atoms with van der Waals surface area (Å²) in [6.07, 6.45) is 9.76. The fourth-order valence-corrected chi connectivity index (χ4v) is 6.85. The molecule has 0 unspecified atom stereocenters. The Balaban J connectivity index is 1.19. The minimum absolute atomic E-state index is 0.0714. The summed E-state index contributed by atoms with van der Waals surface area (Å²) in [5.74, 6) is 1.52. The van der Waals surface area contributed by atoms with Crippen molar-refractivity contribution < 1.29 is 14.3 Å². The number of carbonyl (C=O) groups is 2. The molecule has 0 bridgehead atoms. The number of hydrogen-bond acceptors (Lipinski definition) is 6. The van der Waals surface area contributed by atoms with Crippen LogP contribution in [0.4, 0.5) is 5.69 Å². The maximum atomic E-state index is 13.3. The average molecular weight is 573 g/mol. The van der Waals surface area contributed by atoms with E-state index in [0.29, 0.717) is 30.4 Å². The molecule has 0 spiro atoms. The molecular weight excluding hydrogens is 528 g/mol. The lowest BCUT2D eigenvalue weighted by atomic mass is 9.84. The number of carbonyl (C=O) groups excluding carboxylic acids is 2. The van der Waals surface area contributed by atoms with Gasteiger partial charge in [0.15, 0.2) is 0 Å². The van der Waals surface area contributed by atoms with Gasteiger partial charge in [-0.3, -0.25) is 14.5 Å². The van der Waals surface area contributed by atoms with Crippen LogP contribution in [0.1, 0.15) is 66.4 Å². The van der Waals surface area contributed by atoms with Gasteiger partial charge in [-0.15, -0.1) is 0 Å². The predicted octanol–water partition coefficient (Wildman–Crippen LogP) is 3.85. The van der Waals surface area contributed by atoms with Crippen LogP contribution < -0.4 is 15.0 Å². The number of aryl methyl sites for hydroxylation is 1. The van der Waals surface area contributed by atoms with Gasteiger partial charge in [0.05, 0.1) is 5.69 Å². The van der Waals surface area contributed by atoms with Gasteiger partial charge in [0, 0.05) is 74.5 Å². The highest BCUT2D eigenvalue weighted by atomic mass is 16.5. The van der Waals surface area contributed by atoms with Gasteiger partial charge in [-0.05, 0) is 70.7 Å². The van der Waals surface area contributed by atoms with E-state index in [2.05, 4.69) is 25.1 Å². The second kappa shape index (κ2) is 13.3. The normalized spacial score (nSPS) is 24.1. The topological polar surface area (TPSA) is 90.4 Å². The van der Waals surface area contributed by atoms with Gasteiger partial charge in [-0.1, -0.05) is 24.1 Å². The average Bonchev–Trinajstić information content (AvgIpc) is 3.39. The zero-order chi connectivity index (χ0) is 28.9. The second-order valence-corrected chi connectivity index (χ2v) is 12.2. The Kier molecular flexibility index (Phi) is 9.15. The van der Waals surface area contributed by atoms with Crippen LogP contribution in [0.15, 0.2) is 41.5 Å². The number of likely N-dealkylation sites (tertiary alicyclic amines) is 1. The summed E-state index contributed by atoms with van der Waals surface area (Å²) in [7, 11) is 0. The first kappa shape index (κ1) is 28.8. The van der Waals surface area contributed by atoms with E-state index in [4.69, 9.17) is 4.74 Å². The molecular formula is C33H44N6O3. The lowest BCUT2D eigenvalue weighted by Crippen LogP contribution is -2.49. The van der Waals surface area contributed by atoms with Crippen molar-refractivity contribution in [2.45, 2.75) is 64.3 Å².